The van der Waals surface area contributed by atoms with Gasteiger partial charge >= 0.3 is 0 Å². The van der Waals surface area contributed by atoms with E-state index in [-0.39, 0.29) is 0 Å². The first-order valence-electron chi connectivity index (χ1n) is 8.38. The van der Waals surface area contributed by atoms with Crippen LogP contribution in [0.1, 0.15) is 64.4 Å². The van der Waals surface area contributed by atoms with Gasteiger partial charge in [0.2, 0.25) is 0 Å². The van der Waals surface area contributed by atoms with Crippen molar-refractivity contribution in [3.8, 4) is 0 Å². The molecule has 0 bridgehead atoms. The van der Waals surface area contributed by atoms with Crippen molar-refractivity contribution in [2.75, 3.05) is 24.2 Å². The van der Waals surface area contributed by atoms with Crippen molar-refractivity contribution in [3.05, 3.63) is 11.9 Å². The molecule has 0 spiro atoms. The number of rotatable bonds is 6. The van der Waals surface area contributed by atoms with E-state index in [0.717, 1.165) is 30.0 Å². The Morgan fingerprint density at radius 2 is 2.00 bits per heavy atom. The number of hydrogen-bond acceptors (Lipinski definition) is 4. The normalized spacial score (nSPS) is 22.3. The molecule has 0 amide bonds. The zero-order chi connectivity index (χ0) is 15.2. The van der Waals surface area contributed by atoms with Gasteiger partial charge in [-0.15, -0.1) is 0 Å². The summed E-state index contributed by atoms with van der Waals surface area (Å²) in [6.07, 6.45) is 8.50. The molecule has 1 aliphatic rings. The lowest BCUT2D eigenvalue weighted by molar-refractivity contribution is 0.274. The van der Waals surface area contributed by atoms with Crippen molar-refractivity contribution in [1.82, 2.24) is 9.97 Å². The zero-order valence-electron chi connectivity index (χ0n) is 13.9. The zero-order valence-corrected chi connectivity index (χ0v) is 13.9. The second-order valence-electron chi connectivity index (χ2n) is 6.74. The Balaban J connectivity index is 1.93. The van der Waals surface area contributed by atoms with Crippen LogP contribution in [0.2, 0.25) is 0 Å². The van der Waals surface area contributed by atoms with Gasteiger partial charge in [-0.25, -0.2) is 9.97 Å². The Bertz CT molecular complexity index is 444. The first kappa shape index (κ1) is 16.1. The van der Waals surface area contributed by atoms with Gasteiger partial charge in [-0.05, 0) is 30.6 Å². The molecule has 2 N–H and O–H groups in total. The van der Waals surface area contributed by atoms with E-state index in [0.29, 0.717) is 5.92 Å². The lowest BCUT2D eigenvalue weighted by Crippen LogP contribution is -2.17. The monoisotopic (exact) mass is 290 g/mol. The highest BCUT2D eigenvalue weighted by Gasteiger charge is 2.19. The molecule has 2 unspecified atom stereocenters. The highest BCUT2D eigenvalue weighted by atomic mass is 15.1. The molecular formula is C17H30N4. The number of nitrogens with one attached hydrogen (secondary N) is 2. The van der Waals surface area contributed by atoms with Gasteiger partial charge in [0.05, 0.1) is 0 Å². The molecule has 1 aliphatic carbocycles. The Morgan fingerprint density at radius 1 is 1.24 bits per heavy atom. The highest BCUT2D eigenvalue weighted by Crippen LogP contribution is 2.31. The standard InChI is InChI=1S/C17H30N4/c1-12(2)15-16(18-4)20-11-21-17(15)19-9-8-14-7-5-6-13(3)10-14/h11-14H,5-10H2,1-4H3,(H2,18,19,20,21). The van der Waals surface area contributed by atoms with Gasteiger partial charge < -0.3 is 10.6 Å². The summed E-state index contributed by atoms with van der Waals surface area (Å²) in [6.45, 7) is 7.78. The van der Waals surface area contributed by atoms with Gasteiger partial charge in [0.15, 0.2) is 0 Å². The Labute approximate surface area is 129 Å². The van der Waals surface area contributed by atoms with Crippen molar-refractivity contribution < 1.29 is 0 Å². The average molecular weight is 290 g/mol. The molecule has 4 heteroatoms. The number of aromatic nitrogens is 2. The predicted octanol–water partition coefficient (Wildman–Crippen LogP) is 4.27. The molecular weight excluding hydrogens is 260 g/mol. The Morgan fingerprint density at radius 3 is 2.67 bits per heavy atom. The van der Waals surface area contributed by atoms with Crippen molar-refractivity contribution in [1.29, 1.82) is 0 Å². The SMILES string of the molecule is CNc1ncnc(NCCC2CCCC(C)C2)c1C(C)C. The summed E-state index contributed by atoms with van der Waals surface area (Å²) in [5.41, 5.74) is 1.19. The molecule has 1 fully saturated rings. The van der Waals surface area contributed by atoms with Crippen LogP contribution in [0.25, 0.3) is 0 Å². The molecule has 2 rings (SSSR count). The molecule has 1 aromatic heterocycles. The smallest absolute Gasteiger partial charge is 0.134 e. The summed E-state index contributed by atoms with van der Waals surface area (Å²) in [6, 6.07) is 0. The van der Waals surface area contributed by atoms with E-state index in [1.54, 1.807) is 6.33 Å². The Hall–Kier alpha value is -1.32. The van der Waals surface area contributed by atoms with Crippen LogP contribution in [0.3, 0.4) is 0 Å². The second kappa shape index (κ2) is 7.62. The molecule has 2 atom stereocenters. The van der Waals surface area contributed by atoms with Gasteiger partial charge in [0.25, 0.3) is 0 Å². The van der Waals surface area contributed by atoms with Crippen LogP contribution < -0.4 is 10.6 Å². The minimum absolute atomic E-state index is 0.408. The van der Waals surface area contributed by atoms with Crippen molar-refractivity contribution >= 4 is 11.6 Å². The fourth-order valence-electron chi connectivity index (χ4n) is 3.50. The van der Waals surface area contributed by atoms with E-state index in [4.69, 9.17) is 0 Å². The fourth-order valence-corrected chi connectivity index (χ4v) is 3.50. The third kappa shape index (κ3) is 4.32. The summed E-state index contributed by atoms with van der Waals surface area (Å²) in [4.78, 5) is 8.77. The van der Waals surface area contributed by atoms with Crippen LogP contribution >= 0.6 is 0 Å². The molecule has 21 heavy (non-hydrogen) atoms. The maximum absolute atomic E-state index is 4.44. The summed E-state index contributed by atoms with van der Waals surface area (Å²) < 4.78 is 0. The van der Waals surface area contributed by atoms with Crippen LogP contribution in [0, 0.1) is 11.8 Å². The van der Waals surface area contributed by atoms with Crippen LogP contribution in [-0.4, -0.2) is 23.6 Å². The molecule has 1 saturated carbocycles. The van der Waals surface area contributed by atoms with Crippen LogP contribution in [-0.2, 0) is 0 Å². The van der Waals surface area contributed by atoms with Crippen molar-refractivity contribution in [2.24, 2.45) is 11.8 Å². The van der Waals surface area contributed by atoms with Crippen LogP contribution in [0.15, 0.2) is 6.33 Å². The molecule has 1 heterocycles. The average Bonchev–Trinajstić information content (AvgIpc) is 2.46. The maximum Gasteiger partial charge on any atom is 0.134 e. The highest BCUT2D eigenvalue weighted by molar-refractivity contribution is 5.58. The van der Waals surface area contributed by atoms with Gasteiger partial charge in [-0.2, -0.15) is 0 Å². The van der Waals surface area contributed by atoms with Gasteiger partial charge in [-0.3, -0.25) is 0 Å². The summed E-state index contributed by atoms with van der Waals surface area (Å²) >= 11 is 0. The molecule has 1 aromatic rings. The first-order chi connectivity index (χ1) is 10.1. The van der Waals surface area contributed by atoms with E-state index >= 15 is 0 Å². The third-order valence-electron chi connectivity index (χ3n) is 4.59. The number of nitrogens with zero attached hydrogens (tertiary/aromatic N) is 2. The summed E-state index contributed by atoms with van der Waals surface area (Å²) in [7, 11) is 1.92. The third-order valence-corrected chi connectivity index (χ3v) is 4.59. The van der Waals surface area contributed by atoms with E-state index in [9.17, 15) is 0 Å². The lowest BCUT2D eigenvalue weighted by atomic mass is 9.81. The topological polar surface area (TPSA) is 49.8 Å². The van der Waals surface area contributed by atoms with Gasteiger partial charge in [0, 0.05) is 19.2 Å². The van der Waals surface area contributed by atoms with Crippen molar-refractivity contribution in [3.63, 3.8) is 0 Å². The fraction of sp³-hybridized carbons (Fsp3) is 0.765. The van der Waals surface area contributed by atoms with E-state index in [1.807, 2.05) is 7.05 Å². The Kier molecular flexibility index (Phi) is 5.83. The quantitative estimate of drug-likeness (QED) is 0.821. The lowest BCUT2D eigenvalue weighted by Gasteiger charge is -2.27. The summed E-state index contributed by atoms with van der Waals surface area (Å²) in [5.74, 6) is 4.13. The minimum atomic E-state index is 0.408. The molecule has 4 nitrogen and oxygen atoms in total. The van der Waals surface area contributed by atoms with Crippen molar-refractivity contribution in [2.45, 2.75) is 58.8 Å². The molecule has 0 saturated heterocycles. The van der Waals surface area contributed by atoms with Gasteiger partial charge in [-0.1, -0.05) is 40.0 Å². The molecule has 118 valence electrons. The van der Waals surface area contributed by atoms with Crippen LogP contribution in [0.4, 0.5) is 11.6 Å². The van der Waals surface area contributed by atoms with E-state index < -0.39 is 0 Å². The number of hydrogen-bond donors (Lipinski definition) is 2. The second-order valence-corrected chi connectivity index (χ2v) is 6.74. The minimum Gasteiger partial charge on any atom is -0.373 e. The van der Waals surface area contributed by atoms with E-state index in [1.165, 1.54) is 37.7 Å². The molecule has 0 radical (unpaired) electrons. The molecule has 0 aromatic carbocycles. The van der Waals surface area contributed by atoms with Gasteiger partial charge in [0.1, 0.15) is 18.0 Å². The first-order valence-corrected chi connectivity index (χ1v) is 8.38. The number of anilines is 2. The van der Waals surface area contributed by atoms with E-state index in [2.05, 4.69) is 41.4 Å². The molecule has 0 aliphatic heterocycles. The predicted molar refractivity (Wildman–Crippen MR) is 89.9 cm³/mol. The van der Waals surface area contributed by atoms with Crippen LogP contribution in [0.5, 0.6) is 0 Å². The summed E-state index contributed by atoms with van der Waals surface area (Å²) in [5, 5.41) is 6.71. The largest absolute Gasteiger partial charge is 0.373 e. The maximum atomic E-state index is 4.44.